The fourth-order valence-corrected chi connectivity index (χ4v) is 4.18. The Morgan fingerprint density at radius 2 is 1.94 bits per heavy atom. The second kappa shape index (κ2) is 9.60. The van der Waals surface area contributed by atoms with Crippen molar-refractivity contribution in [1.29, 1.82) is 0 Å². The molecule has 0 atom stereocenters. The predicted molar refractivity (Wildman–Crippen MR) is 128 cm³/mol. The van der Waals surface area contributed by atoms with Crippen LogP contribution in [0.2, 0.25) is 5.15 Å². The van der Waals surface area contributed by atoms with Gasteiger partial charge in [-0.25, -0.2) is 18.9 Å². The molecule has 0 saturated heterocycles. The molecular formula is C23H22ClFN8O. The maximum absolute atomic E-state index is 14.0. The van der Waals surface area contributed by atoms with Crippen molar-refractivity contribution in [3.05, 3.63) is 65.6 Å². The van der Waals surface area contributed by atoms with Gasteiger partial charge in [0, 0.05) is 18.3 Å². The molecule has 0 radical (unpaired) electrons. The lowest BCUT2D eigenvalue weighted by Gasteiger charge is -2.23. The molecule has 1 aliphatic carbocycles. The lowest BCUT2D eigenvalue weighted by atomic mass is 9.95. The number of imidazole rings is 1. The summed E-state index contributed by atoms with van der Waals surface area (Å²) in [5, 5.41) is 14.2. The average Bonchev–Trinajstić information content (AvgIpc) is 3.26. The highest BCUT2D eigenvalue weighted by atomic mass is 35.5. The normalized spacial score (nSPS) is 14.2. The molecule has 1 amide bonds. The molecule has 0 aromatic carbocycles. The van der Waals surface area contributed by atoms with Crippen LogP contribution >= 0.6 is 11.6 Å². The standard InChI is InChI=1S/C23H22ClFN8O/c24-19-7-4-8-20(31-19)29-17-11-21(28-14-5-2-1-3-6-14)32-33-18(13-27-22(17)33)23(34)30-16-9-10-26-12-15(16)25/h4,7-14H,1-3,5-6H2,(H,28,32)(H,29,31)(H,26,30,34). The van der Waals surface area contributed by atoms with E-state index in [1.807, 2.05) is 6.07 Å². The molecule has 11 heteroatoms. The number of amides is 1. The quantitative estimate of drug-likeness (QED) is 0.331. The molecule has 5 rings (SSSR count). The molecule has 0 bridgehead atoms. The second-order valence-corrected chi connectivity index (χ2v) is 8.47. The molecule has 4 aromatic rings. The first kappa shape index (κ1) is 22.0. The third kappa shape index (κ3) is 4.76. The van der Waals surface area contributed by atoms with E-state index >= 15 is 0 Å². The highest BCUT2D eigenvalue weighted by Gasteiger charge is 2.20. The number of hydrogen-bond acceptors (Lipinski definition) is 7. The van der Waals surface area contributed by atoms with E-state index in [4.69, 9.17) is 11.6 Å². The molecule has 4 heterocycles. The molecule has 0 aliphatic heterocycles. The maximum Gasteiger partial charge on any atom is 0.276 e. The summed E-state index contributed by atoms with van der Waals surface area (Å²) >= 11 is 6.04. The molecule has 174 valence electrons. The Hall–Kier alpha value is -3.79. The van der Waals surface area contributed by atoms with Gasteiger partial charge in [0.2, 0.25) is 0 Å². The van der Waals surface area contributed by atoms with Crippen molar-refractivity contribution in [3.63, 3.8) is 0 Å². The maximum atomic E-state index is 14.0. The smallest absolute Gasteiger partial charge is 0.276 e. The first-order valence-electron chi connectivity index (χ1n) is 11.0. The summed E-state index contributed by atoms with van der Waals surface area (Å²) in [4.78, 5) is 25.4. The van der Waals surface area contributed by atoms with Gasteiger partial charge in [0.15, 0.2) is 17.2 Å². The number of anilines is 4. The summed E-state index contributed by atoms with van der Waals surface area (Å²) in [6.07, 6.45) is 9.49. The van der Waals surface area contributed by atoms with Gasteiger partial charge < -0.3 is 16.0 Å². The van der Waals surface area contributed by atoms with Crippen molar-refractivity contribution in [2.45, 2.75) is 38.1 Å². The van der Waals surface area contributed by atoms with Crippen LogP contribution < -0.4 is 16.0 Å². The second-order valence-electron chi connectivity index (χ2n) is 8.08. The van der Waals surface area contributed by atoms with E-state index in [0.29, 0.717) is 34.2 Å². The molecule has 34 heavy (non-hydrogen) atoms. The zero-order valence-electron chi connectivity index (χ0n) is 18.1. The Morgan fingerprint density at radius 3 is 2.74 bits per heavy atom. The van der Waals surface area contributed by atoms with Crippen LogP contribution in [0.1, 0.15) is 42.6 Å². The first-order valence-corrected chi connectivity index (χ1v) is 11.4. The van der Waals surface area contributed by atoms with Crippen LogP contribution in [0.3, 0.4) is 0 Å². The van der Waals surface area contributed by atoms with Gasteiger partial charge in [-0.2, -0.15) is 0 Å². The van der Waals surface area contributed by atoms with Crippen LogP contribution in [0.15, 0.2) is 48.9 Å². The summed E-state index contributed by atoms with van der Waals surface area (Å²) in [6, 6.07) is 8.76. The lowest BCUT2D eigenvalue weighted by Crippen LogP contribution is -2.24. The molecular weight excluding hydrogens is 459 g/mol. The minimum atomic E-state index is -0.633. The zero-order valence-corrected chi connectivity index (χ0v) is 18.9. The molecule has 4 aromatic heterocycles. The van der Waals surface area contributed by atoms with Gasteiger partial charge in [0.25, 0.3) is 5.91 Å². The SMILES string of the molecule is O=C(Nc1ccncc1F)c1cnc2c(Nc3cccc(Cl)n3)cc(NC3CCCCC3)nn12. The Labute approximate surface area is 199 Å². The van der Waals surface area contributed by atoms with Gasteiger partial charge in [-0.3, -0.25) is 9.78 Å². The monoisotopic (exact) mass is 480 g/mol. The number of halogens is 2. The van der Waals surface area contributed by atoms with Crippen molar-refractivity contribution >= 4 is 46.2 Å². The van der Waals surface area contributed by atoms with E-state index < -0.39 is 11.7 Å². The van der Waals surface area contributed by atoms with Crippen LogP contribution in [-0.2, 0) is 0 Å². The van der Waals surface area contributed by atoms with E-state index in [1.54, 1.807) is 18.2 Å². The molecule has 0 spiro atoms. The molecule has 9 nitrogen and oxygen atoms in total. The van der Waals surface area contributed by atoms with Crippen LogP contribution in [0.5, 0.6) is 0 Å². The minimum absolute atomic E-state index is 0.0212. The summed E-state index contributed by atoms with van der Waals surface area (Å²) in [5.74, 6) is -0.0680. The molecule has 3 N–H and O–H groups in total. The number of hydrogen-bond donors (Lipinski definition) is 3. The number of rotatable bonds is 6. The Bertz CT molecular complexity index is 1340. The largest absolute Gasteiger partial charge is 0.366 e. The minimum Gasteiger partial charge on any atom is -0.366 e. The fraction of sp³-hybridized carbons (Fsp3) is 0.261. The number of aromatic nitrogens is 5. The first-order chi connectivity index (χ1) is 16.6. The number of fused-ring (bicyclic) bond motifs is 1. The molecule has 0 unspecified atom stereocenters. The summed E-state index contributed by atoms with van der Waals surface area (Å²) < 4.78 is 15.5. The van der Waals surface area contributed by atoms with Gasteiger partial charge >= 0.3 is 0 Å². The van der Waals surface area contributed by atoms with E-state index in [2.05, 4.69) is 36.0 Å². The highest BCUT2D eigenvalue weighted by Crippen LogP contribution is 2.27. The van der Waals surface area contributed by atoms with E-state index in [0.717, 1.165) is 31.9 Å². The van der Waals surface area contributed by atoms with Crippen molar-refractivity contribution in [3.8, 4) is 0 Å². The van der Waals surface area contributed by atoms with Gasteiger partial charge in [-0.15, -0.1) is 5.10 Å². The molecule has 1 aliphatic rings. The Morgan fingerprint density at radius 1 is 1.09 bits per heavy atom. The lowest BCUT2D eigenvalue weighted by molar-refractivity contribution is 0.102. The van der Waals surface area contributed by atoms with Gasteiger partial charge in [-0.1, -0.05) is 36.9 Å². The van der Waals surface area contributed by atoms with Gasteiger partial charge in [-0.05, 0) is 31.0 Å². The number of nitrogens with one attached hydrogen (secondary N) is 3. The number of nitrogens with zero attached hydrogens (tertiary/aromatic N) is 5. The van der Waals surface area contributed by atoms with E-state index in [9.17, 15) is 9.18 Å². The number of carbonyl (C=O) groups is 1. The third-order valence-electron chi connectivity index (χ3n) is 5.66. The number of carbonyl (C=O) groups excluding carboxylic acids is 1. The highest BCUT2D eigenvalue weighted by molar-refractivity contribution is 6.29. The molecule has 1 fully saturated rings. The van der Waals surface area contributed by atoms with Crippen molar-refractivity contribution in [2.24, 2.45) is 0 Å². The van der Waals surface area contributed by atoms with Crippen molar-refractivity contribution in [1.82, 2.24) is 24.6 Å². The summed E-state index contributed by atoms with van der Waals surface area (Å²) in [5.41, 5.74) is 1.18. The summed E-state index contributed by atoms with van der Waals surface area (Å²) in [7, 11) is 0. The number of pyridine rings is 2. The van der Waals surface area contributed by atoms with Gasteiger partial charge in [0.1, 0.15) is 16.8 Å². The zero-order chi connectivity index (χ0) is 23.5. The van der Waals surface area contributed by atoms with Crippen LogP contribution in [0.25, 0.3) is 5.65 Å². The van der Waals surface area contributed by atoms with Crippen molar-refractivity contribution in [2.75, 3.05) is 16.0 Å². The fourth-order valence-electron chi connectivity index (χ4n) is 4.02. The topological polar surface area (TPSA) is 109 Å². The predicted octanol–water partition coefficient (Wildman–Crippen LogP) is 5.05. The summed E-state index contributed by atoms with van der Waals surface area (Å²) in [6.45, 7) is 0. The Balaban J connectivity index is 1.52. The average molecular weight is 481 g/mol. The van der Waals surface area contributed by atoms with E-state index in [-0.39, 0.29) is 11.4 Å². The third-order valence-corrected chi connectivity index (χ3v) is 5.87. The van der Waals surface area contributed by atoms with Gasteiger partial charge in [0.05, 0.1) is 23.8 Å². The van der Waals surface area contributed by atoms with E-state index in [1.165, 1.54) is 29.4 Å². The Kier molecular flexibility index (Phi) is 6.22. The van der Waals surface area contributed by atoms with Crippen LogP contribution in [-0.4, -0.2) is 36.5 Å². The van der Waals surface area contributed by atoms with Crippen LogP contribution in [0.4, 0.5) is 27.4 Å². The molecule has 1 saturated carbocycles. The van der Waals surface area contributed by atoms with Crippen LogP contribution in [0, 0.1) is 5.82 Å². The van der Waals surface area contributed by atoms with Crippen molar-refractivity contribution < 1.29 is 9.18 Å².